The van der Waals surface area contributed by atoms with Gasteiger partial charge in [0.25, 0.3) is 0 Å². The van der Waals surface area contributed by atoms with Gasteiger partial charge >= 0.3 is 5.97 Å². The molecule has 0 aliphatic heterocycles. The molecule has 0 saturated heterocycles. The van der Waals surface area contributed by atoms with Crippen LogP contribution in [0.2, 0.25) is 0 Å². The molecule has 0 aliphatic carbocycles. The number of unbranched alkanes of at least 4 members (excludes halogenated alkanes) is 3. The van der Waals surface area contributed by atoms with Crippen molar-refractivity contribution in [1.29, 1.82) is 0 Å². The fourth-order valence-electron chi connectivity index (χ4n) is 2.49. The third-order valence-corrected chi connectivity index (χ3v) is 4.15. The van der Waals surface area contributed by atoms with Crippen molar-refractivity contribution < 1.29 is 14.3 Å². The first-order valence-electron chi connectivity index (χ1n) is 9.16. The van der Waals surface area contributed by atoms with Gasteiger partial charge in [-0.1, -0.05) is 39.2 Å². The van der Waals surface area contributed by atoms with Crippen LogP contribution in [0.1, 0.15) is 91.9 Å². The van der Waals surface area contributed by atoms with Gasteiger partial charge in [0.15, 0.2) is 0 Å². The van der Waals surface area contributed by atoms with Gasteiger partial charge in [0.1, 0.15) is 11.4 Å². The lowest BCUT2D eigenvalue weighted by atomic mass is 9.96. The van der Waals surface area contributed by atoms with E-state index < -0.39 is 5.60 Å². The van der Waals surface area contributed by atoms with Crippen molar-refractivity contribution in [1.82, 2.24) is 0 Å². The molecule has 1 unspecified atom stereocenters. The Morgan fingerprint density at radius 3 is 2.39 bits per heavy atom. The number of allylic oxidation sites excluding steroid dienone is 1. The Labute approximate surface area is 142 Å². The lowest BCUT2D eigenvalue weighted by Gasteiger charge is -2.25. The number of ether oxygens (including phenoxy) is 1. The van der Waals surface area contributed by atoms with Crippen LogP contribution in [0.4, 0.5) is 0 Å². The van der Waals surface area contributed by atoms with Crippen molar-refractivity contribution in [2.75, 3.05) is 0 Å². The van der Waals surface area contributed by atoms with Crippen LogP contribution >= 0.6 is 0 Å². The second kappa shape index (κ2) is 12.3. The Bertz CT molecular complexity index is 358. The zero-order valence-corrected chi connectivity index (χ0v) is 15.7. The van der Waals surface area contributed by atoms with Gasteiger partial charge in [-0.2, -0.15) is 0 Å². The Balaban J connectivity index is 3.89. The van der Waals surface area contributed by atoms with Gasteiger partial charge in [0, 0.05) is 12.8 Å². The SMILES string of the molecule is C=CC(C)CCCC(C)(C)OC(=O)CCC(=O)CCCCCC. The van der Waals surface area contributed by atoms with Crippen LogP contribution in [0.3, 0.4) is 0 Å². The first-order valence-corrected chi connectivity index (χ1v) is 9.16. The van der Waals surface area contributed by atoms with Crippen molar-refractivity contribution in [2.24, 2.45) is 5.92 Å². The number of hydrogen-bond donors (Lipinski definition) is 0. The minimum atomic E-state index is -0.456. The molecule has 0 aromatic rings. The molecule has 0 rings (SSSR count). The predicted octanol–water partition coefficient (Wildman–Crippen LogP) is 5.62. The van der Waals surface area contributed by atoms with E-state index >= 15 is 0 Å². The summed E-state index contributed by atoms with van der Waals surface area (Å²) in [5.74, 6) is 0.413. The number of ketones is 1. The van der Waals surface area contributed by atoms with Gasteiger partial charge in [0.05, 0.1) is 6.42 Å². The third kappa shape index (κ3) is 13.1. The molecule has 0 heterocycles. The maximum absolute atomic E-state index is 11.9. The van der Waals surface area contributed by atoms with Gasteiger partial charge in [0.2, 0.25) is 0 Å². The molecule has 0 amide bonds. The van der Waals surface area contributed by atoms with Crippen molar-refractivity contribution >= 4 is 11.8 Å². The molecule has 1 atom stereocenters. The highest BCUT2D eigenvalue weighted by Gasteiger charge is 2.22. The first-order chi connectivity index (χ1) is 10.8. The maximum Gasteiger partial charge on any atom is 0.306 e. The molecule has 0 radical (unpaired) electrons. The second-order valence-electron chi connectivity index (χ2n) is 7.19. The van der Waals surface area contributed by atoms with Crippen LogP contribution in [0.15, 0.2) is 12.7 Å². The summed E-state index contributed by atoms with van der Waals surface area (Å²) in [6, 6.07) is 0. The van der Waals surface area contributed by atoms with Crippen LogP contribution < -0.4 is 0 Å². The summed E-state index contributed by atoms with van der Waals surface area (Å²) >= 11 is 0. The lowest BCUT2D eigenvalue weighted by Crippen LogP contribution is -2.28. The molecule has 0 aromatic heterocycles. The van der Waals surface area contributed by atoms with E-state index in [1.165, 1.54) is 12.8 Å². The van der Waals surface area contributed by atoms with Gasteiger partial charge in [-0.3, -0.25) is 9.59 Å². The van der Waals surface area contributed by atoms with Crippen molar-refractivity contribution in [2.45, 2.75) is 97.5 Å². The van der Waals surface area contributed by atoms with E-state index in [2.05, 4.69) is 20.4 Å². The monoisotopic (exact) mass is 324 g/mol. The molecule has 3 nitrogen and oxygen atoms in total. The molecule has 3 heteroatoms. The fourth-order valence-corrected chi connectivity index (χ4v) is 2.49. The number of rotatable bonds is 14. The number of Topliss-reactive ketones (excluding diaryl/α,β-unsaturated/α-hetero) is 1. The normalized spacial score (nSPS) is 12.7. The minimum Gasteiger partial charge on any atom is -0.460 e. The molecule has 0 N–H and O–H groups in total. The average molecular weight is 325 g/mol. The summed E-state index contributed by atoms with van der Waals surface area (Å²) < 4.78 is 5.53. The topological polar surface area (TPSA) is 43.4 Å². The van der Waals surface area contributed by atoms with E-state index in [9.17, 15) is 9.59 Å². The van der Waals surface area contributed by atoms with Gasteiger partial charge in [-0.05, 0) is 45.4 Å². The van der Waals surface area contributed by atoms with Crippen molar-refractivity contribution in [3.05, 3.63) is 12.7 Å². The van der Waals surface area contributed by atoms with E-state index in [0.717, 1.165) is 32.1 Å². The highest BCUT2D eigenvalue weighted by molar-refractivity contribution is 5.82. The molecule has 0 bridgehead atoms. The molecule has 0 aromatic carbocycles. The highest BCUT2D eigenvalue weighted by Crippen LogP contribution is 2.21. The first kappa shape index (κ1) is 21.9. The zero-order chi connectivity index (χ0) is 17.7. The molecular formula is C20H36O3. The summed E-state index contributed by atoms with van der Waals surface area (Å²) in [6.45, 7) is 11.9. The Kier molecular flexibility index (Phi) is 11.7. The van der Waals surface area contributed by atoms with Crippen LogP contribution in [0.5, 0.6) is 0 Å². The number of carbonyl (C=O) groups excluding carboxylic acids is 2. The van der Waals surface area contributed by atoms with E-state index in [0.29, 0.717) is 18.8 Å². The molecule has 0 saturated carbocycles. The summed E-state index contributed by atoms with van der Waals surface area (Å²) in [5, 5.41) is 0. The summed E-state index contributed by atoms with van der Waals surface area (Å²) in [4.78, 5) is 23.6. The number of esters is 1. The zero-order valence-electron chi connectivity index (χ0n) is 15.7. The standard InChI is InChI=1S/C20H36O3/c1-6-8-9-10-13-18(21)14-15-19(22)23-20(4,5)16-11-12-17(3)7-2/h7,17H,2,6,8-16H2,1,3-5H3. The fraction of sp³-hybridized carbons (Fsp3) is 0.800. The number of hydrogen-bond acceptors (Lipinski definition) is 3. The smallest absolute Gasteiger partial charge is 0.306 e. The minimum absolute atomic E-state index is 0.177. The van der Waals surface area contributed by atoms with E-state index in [4.69, 9.17) is 4.74 Å². The molecule has 0 aliphatic rings. The molecular weight excluding hydrogens is 288 g/mol. The average Bonchev–Trinajstić information content (AvgIpc) is 2.48. The van der Waals surface area contributed by atoms with Crippen LogP contribution in [0.25, 0.3) is 0 Å². The predicted molar refractivity (Wildman–Crippen MR) is 96.4 cm³/mol. The molecule has 0 fully saturated rings. The lowest BCUT2D eigenvalue weighted by molar-refractivity contribution is -0.157. The Morgan fingerprint density at radius 2 is 1.78 bits per heavy atom. The molecule has 23 heavy (non-hydrogen) atoms. The quantitative estimate of drug-likeness (QED) is 0.236. The van der Waals surface area contributed by atoms with Crippen LogP contribution in [-0.2, 0) is 14.3 Å². The van der Waals surface area contributed by atoms with E-state index in [1.54, 1.807) is 0 Å². The maximum atomic E-state index is 11.9. The van der Waals surface area contributed by atoms with Gasteiger partial charge < -0.3 is 4.74 Å². The van der Waals surface area contributed by atoms with Gasteiger partial charge in [-0.25, -0.2) is 0 Å². The van der Waals surface area contributed by atoms with Crippen LogP contribution in [-0.4, -0.2) is 17.4 Å². The summed E-state index contributed by atoms with van der Waals surface area (Å²) in [7, 11) is 0. The van der Waals surface area contributed by atoms with Crippen LogP contribution in [0, 0.1) is 5.92 Å². The number of carbonyl (C=O) groups is 2. The Morgan fingerprint density at radius 1 is 1.09 bits per heavy atom. The molecule has 0 spiro atoms. The van der Waals surface area contributed by atoms with E-state index in [1.807, 2.05) is 19.9 Å². The van der Waals surface area contributed by atoms with Crippen molar-refractivity contribution in [3.8, 4) is 0 Å². The third-order valence-electron chi connectivity index (χ3n) is 4.15. The summed E-state index contributed by atoms with van der Waals surface area (Å²) in [6.07, 6.45) is 10.3. The van der Waals surface area contributed by atoms with Crippen molar-refractivity contribution in [3.63, 3.8) is 0 Å². The second-order valence-corrected chi connectivity index (χ2v) is 7.19. The molecule has 134 valence electrons. The Hall–Kier alpha value is -1.12. The van der Waals surface area contributed by atoms with E-state index in [-0.39, 0.29) is 18.2 Å². The van der Waals surface area contributed by atoms with Gasteiger partial charge in [-0.15, -0.1) is 6.58 Å². The highest BCUT2D eigenvalue weighted by atomic mass is 16.6. The largest absolute Gasteiger partial charge is 0.460 e. The summed E-state index contributed by atoms with van der Waals surface area (Å²) in [5.41, 5.74) is -0.456.